The van der Waals surface area contributed by atoms with E-state index in [0.29, 0.717) is 27.0 Å². The first kappa shape index (κ1) is 26.4. The molecule has 0 aromatic heterocycles. The number of rotatable bonds is 7. The molecular formula is C30H23BrN2O5S. The predicted octanol–water partition coefficient (Wildman–Crippen LogP) is 6.37. The summed E-state index contributed by atoms with van der Waals surface area (Å²) < 4.78 is 37.2. The molecule has 0 fully saturated rings. The van der Waals surface area contributed by atoms with E-state index in [1.807, 2.05) is 67.6 Å². The van der Waals surface area contributed by atoms with Crippen LogP contribution in [0.5, 0.6) is 11.5 Å². The summed E-state index contributed by atoms with van der Waals surface area (Å²) in [6.07, 6.45) is 1.70. The third-order valence-corrected chi connectivity index (χ3v) is 7.82. The van der Waals surface area contributed by atoms with Gasteiger partial charge in [0.25, 0.3) is 5.91 Å². The summed E-state index contributed by atoms with van der Waals surface area (Å²) in [7, 11) is -2.70. The van der Waals surface area contributed by atoms with Gasteiger partial charge in [-0.25, -0.2) is 0 Å². The number of carbonyl (C=O) groups excluding carboxylic acids is 1. The lowest BCUT2D eigenvalue weighted by molar-refractivity contribution is -0.114. The lowest BCUT2D eigenvalue weighted by Gasteiger charge is -2.14. The van der Waals surface area contributed by atoms with E-state index in [2.05, 4.69) is 21.0 Å². The van der Waals surface area contributed by atoms with Crippen molar-refractivity contribution in [1.82, 2.24) is 0 Å². The van der Waals surface area contributed by atoms with Crippen LogP contribution in [0.3, 0.4) is 0 Å². The minimum atomic E-state index is -4.12. The largest absolute Gasteiger partial charge is 0.493 e. The SMILES string of the molecule is COc1cc(/C=C2\C(=O)N(c3ccccc3)N=C2c2ccccc2)cc(Br)c1OS(=O)(=O)c1ccc(C)cc1. The van der Waals surface area contributed by atoms with E-state index in [0.717, 1.165) is 11.1 Å². The average Bonchev–Trinajstić information content (AvgIpc) is 3.26. The lowest BCUT2D eigenvalue weighted by atomic mass is 10.00. The van der Waals surface area contributed by atoms with E-state index < -0.39 is 10.1 Å². The zero-order valence-corrected chi connectivity index (χ0v) is 23.4. The Morgan fingerprint density at radius 3 is 2.18 bits per heavy atom. The van der Waals surface area contributed by atoms with E-state index in [-0.39, 0.29) is 22.3 Å². The average molecular weight is 603 g/mol. The molecule has 0 unspecified atom stereocenters. The summed E-state index contributed by atoms with van der Waals surface area (Å²) in [5.41, 5.74) is 3.83. The quantitative estimate of drug-likeness (QED) is 0.181. The number of hydrogen-bond donors (Lipinski definition) is 0. The first-order chi connectivity index (χ1) is 18.8. The van der Waals surface area contributed by atoms with Gasteiger partial charge >= 0.3 is 10.1 Å². The molecule has 0 N–H and O–H groups in total. The number of halogens is 1. The van der Waals surface area contributed by atoms with Crippen LogP contribution in [0.1, 0.15) is 16.7 Å². The van der Waals surface area contributed by atoms with Crippen LogP contribution in [0.2, 0.25) is 0 Å². The van der Waals surface area contributed by atoms with E-state index >= 15 is 0 Å². The van der Waals surface area contributed by atoms with Gasteiger partial charge in [-0.05, 0) is 70.9 Å². The molecule has 1 aliphatic heterocycles. The van der Waals surface area contributed by atoms with Gasteiger partial charge in [0.05, 0.1) is 22.8 Å². The first-order valence-electron chi connectivity index (χ1n) is 11.9. The van der Waals surface area contributed by atoms with Gasteiger partial charge in [-0.3, -0.25) is 4.79 Å². The molecule has 1 heterocycles. The number of benzene rings is 4. The molecule has 7 nitrogen and oxygen atoms in total. The van der Waals surface area contributed by atoms with Crippen LogP contribution in [-0.4, -0.2) is 27.1 Å². The second kappa shape index (κ2) is 10.9. The van der Waals surface area contributed by atoms with Crippen LogP contribution in [0.4, 0.5) is 5.69 Å². The fraction of sp³-hybridized carbons (Fsp3) is 0.0667. The van der Waals surface area contributed by atoms with Gasteiger partial charge in [0.2, 0.25) is 0 Å². The van der Waals surface area contributed by atoms with Gasteiger partial charge in [0, 0.05) is 5.56 Å². The number of hydrogen-bond acceptors (Lipinski definition) is 6. The zero-order valence-electron chi connectivity index (χ0n) is 21.0. The topological polar surface area (TPSA) is 85.3 Å². The minimum Gasteiger partial charge on any atom is -0.493 e. The molecule has 0 spiro atoms. The number of para-hydroxylation sites is 1. The molecule has 0 saturated carbocycles. The minimum absolute atomic E-state index is 0.000774. The smallest absolute Gasteiger partial charge is 0.339 e. The Balaban J connectivity index is 1.55. The Morgan fingerprint density at radius 2 is 1.54 bits per heavy atom. The van der Waals surface area contributed by atoms with Crippen molar-refractivity contribution in [2.24, 2.45) is 5.10 Å². The fourth-order valence-electron chi connectivity index (χ4n) is 4.03. The maximum absolute atomic E-state index is 13.6. The van der Waals surface area contributed by atoms with Gasteiger partial charge in [0.1, 0.15) is 10.6 Å². The van der Waals surface area contributed by atoms with Gasteiger partial charge in [-0.15, -0.1) is 0 Å². The second-order valence-electron chi connectivity index (χ2n) is 8.71. The zero-order chi connectivity index (χ0) is 27.6. The van der Waals surface area contributed by atoms with Crippen molar-refractivity contribution in [3.05, 3.63) is 124 Å². The normalized spacial score (nSPS) is 14.4. The van der Waals surface area contributed by atoms with Crippen molar-refractivity contribution < 1.29 is 22.1 Å². The number of methoxy groups -OCH3 is 1. The van der Waals surface area contributed by atoms with E-state index in [1.54, 1.807) is 30.3 Å². The number of aryl methyl sites for hydroxylation is 1. The van der Waals surface area contributed by atoms with Crippen molar-refractivity contribution in [2.75, 3.05) is 12.1 Å². The molecular weight excluding hydrogens is 580 g/mol. The molecule has 5 rings (SSSR count). The molecule has 1 aliphatic rings. The van der Waals surface area contributed by atoms with E-state index in [4.69, 9.17) is 8.92 Å². The van der Waals surface area contributed by atoms with Gasteiger partial charge in [0.15, 0.2) is 11.5 Å². The first-order valence-corrected chi connectivity index (χ1v) is 14.1. The number of anilines is 1. The molecule has 0 saturated heterocycles. The Kier molecular flexibility index (Phi) is 7.36. The number of amides is 1. The fourth-order valence-corrected chi connectivity index (χ4v) is 5.64. The van der Waals surface area contributed by atoms with E-state index in [9.17, 15) is 13.2 Å². The standard InChI is InChI=1S/C30H23BrN2O5S/c1-20-13-15-24(16-14-20)39(35,36)38-29-26(31)18-21(19-27(29)37-2)17-25-28(22-9-5-3-6-10-22)32-33(30(25)34)23-11-7-4-8-12-23/h3-19H,1-2H3/b25-17-. The van der Waals surface area contributed by atoms with Crippen molar-refractivity contribution in [1.29, 1.82) is 0 Å². The molecule has 1 amide bonds. The summed E-state index contributed by atoms with van der Waals surface area (Å²) in [6, 6.07) is 28.2. The van der Waals surface area contributed by atoms with E-state index in [1.165, 1.54) is 24.3 Å². The van der Waals surface area contributed by atoms with Gasteiger partial charge in [-0.2, -0.15) is 18.5 Å². The number of carbonyl (C=O) groups is 1. The van der Waals surface area contributed by atoms with Crippen LogP contribution in [0.15, 0.2) is 117 Å². The second-order valence-corrected chi connectivity index (χ2v) is 11.1. The number of nitrogens with zero attached hydrogens (tertiary/aromatic N) is 2. The number of ether oxygens (including phenoxy) is 1. The molecule has 39 heavy (non-hydrogen) atoms. The highest BCUT2D eigenvalue weighted by molar-refractivity contribution is 9.10. The third-order valence-electron chi connectivity index (χ3n) is 5.99. The molecule has 0 radical (unpaired) electrons. The highest BCUT2D eigenvalue weighted by Gasteiger charge is 2.32. The van der Waals surface area contributed by atoms with Crippen molar-refractivity contribution in [3.63, 3.8) is 0 Å². The van der Waals surface area contributed by atoms with Crippen LogP contribution >= 0.6 is 15.9 Å². The van der Waals surface area contributed by atoms with Crippen molar-refractivity contribution in [3.8, 4) is 11.5 Å². The summed E-state index contributed by atoms with van der Waals surface area (Å²) in [5, 5.41) is 6.01. The Hall–Kier alpha value is -4.21. The highest BCUT2D eigenvalue weighted by Crippen LogP contribution is 2.39. The molecule has 4 aromatic carbocycles. The van der Waals surface area contributed by atoms with Crippen LogP contribution in [0, 0.1) is 6.92 Å². The molecule has 9 heteroatoms. The van der Waals surface area contributed by atoms with Gasteiger partial charge < -0.3 is 8.92 Å². The molecule has 0 atom stereocenters. The predicted molar refractivity (Wildman–Crippen MR) is 155 cm³/mol. The Labute approximate surface area is 235 Å². The van der Waals surface area contributed by atoms with Crippen LogP contribution < -0.4 is 13.9 Å². The molecule has 196 valence electrons. The maximum Gasteiger partial charge on any atom is 0.339 e. The van der Waals surface area contributed by atoms with Crippen LogP contribution in [0.25, 0.3) is 6.08 Å². The third kappa shape index (κ3) is 5.50. The summed E-state index contributed by atoms with van der Waals surface area (Å²) in [4.78, 5) is 13.6. The van der Waals surface area contributed by atoms with Crippen molar-refractivity contribution in [2.45, 2.75) is 11.8 Å². The lowest BCUT2D eigenvalue weighted by Crippen LogP contribution is -2.21. The summed E-state index contributed by atoms with van der Waals surface area (Å²) in [6.45, 7) is 1.87. The highest BCUT2D eigenvalue weighted by atomic mass is 79.9. The number of hydrazone groups is 1. The summed E-state index contributed by atoms with van der Waals surface area (Å²) in [5.74, 6) is -0.117. The molecule has 0 bridgehead atoms. The summed E-state index contributed by atoms with van der Waals surface area (Å²) >= 11 is 3.42. The molecule has 4 aromatic rings. The van der Waals surface area contributed by atoms with Gasteiger partial charge in [-0.1, -0.05) is 66.2 Å². The maximum atomic E-state index is 13.6. The monoisotopic (exact) mass is 602 g/mol. The Morgan fingerprint density at radius 1 is 0.897 bits per heavy atom. The van der Waals surface area contributed by atoms with Crippen LogP contribution in [-0.2, 0) is 14.9 Å². The van der Waals surface area contributed by atoms with Crippen molar-refractivity contribution >= 4 is 49.4 Å². The Bertz CT molecular complexity index is 1700. The molecule has 0 aliphatic carbocycles.